The number of nitrogens with two attached hydrogens (primary N) is 1. The number of hydrogen-bond donors (Lipinski definition) is 1. The van der Waals surface area contributed by atoms with Crippen LogP contribution in [-0.2, 0) is 0 Å². The van der Waals surface area contributed by atoms with Crippen molar-refractivity contribution in [2.24, 2.45) is 5.73 Å². The minimum atomic E-state index is 0.114. The van der Waals surface area contributed by atoms with Crippen LogP contribution in [-0.4, -0.2) is 4.98 Å². The molecule has 0 saturated carbocycles. The van der Waals surface area contributed by atoms with Crippen molar-refractivity contribution in [1.29, 1.82) is 0 Å². The van der Waals surface area contributed by atoms with Gasteiger partial charge in [0.25, 0.3) is 0 Å². The van der Waals surface area contributed by atoms with Crippen molar-refractivity contribution in [1.82, 2.24) is 4.98 Å². The van der Waals surface area contributed by atoms with E-state index in [4.69, 9.17) is 5.73 Å². The molecule has 0 radical (unpaired) electrons. The molecule has 0 saturated heterocycles. The lowest BCUT2D eigenvalue weighted by atomic mass is 10.0. The predicted molar refractivity (Wildman–Crippen MR) is 64.7 cm³/mol. The summed E-state index contributed by atoms with van der Waals surface area (Å²) in [5, 5.41) is 0. The van der Waals surface area contributed by atoms with Crippen LogP contribution in [0.4, 0.5) is 0 Å². The maximum absolute atomic E-state index is 6.12. The van der Waals surface area contributed by atoms with E-state index in [0.717, 1.165) is 12.1 Å². The van der Waals surface area contributed by atoms with Crippen LogP contribution in [0.3, 0.4) is 0 Å². The average molecular weight is 206 g/mol. The van der Waals surface area contributed by atoms with Gasteiger partial charge in [-0.25, -0.2) is 0 Å². The van der Waals surface area contributed by atoms with Crippen LogP contribution in [0.1, 0.15) is 56.3 Å². The Labute approximate surface area is 92.9 Å². The molecule has 0 aliphatic rings. The highest BCUT2D eigenvalue weighted by atomic mass is 14.8. The summed E-state index contributed by atoms with van der Waals surface area (Å²) in [6.07, 6.45) is 7.97. The summed E-state index contributed by atoms with van der Waals surface area (Å²) in [5.41, 5.74) is 8.39. The van der Waals surface area contributed by atoms with E-state index in [0.29, 0.717) is 0 Å². The molecular formula is C13H22N2. The Morgan fingerprint density at radius 1 is 1.33 bits per heavy atom. The van der Waals surface area contributed by atoms with Gasteiger partial charge in [0, 0.05) is 12.2 Å². The summed E-state index contributed by atoms with van der Waals surface area (Å²) in [4.78, 5) is 4.35. The van der Waals surface area contributed by atoms with Crippen LogP contribution in [0.15, 0.2) is 18.3 Å². The van der Waals surface area contributed by atoms with Crippen molar-refractivity contribution >= 4 is 0 Å². The molecule has 84 valence electrons. The van der Waals surface area contributed by atoms with E-state index in [1.165, 1.54) is 31.2 Å². The molecule has 1 aromatic heterocycles. The fraction of sp³-hybridized carbons (Fsp3) is 0.615. The average Bonchev–Trinajstić information content (AvgIpc) is 2.25. The first-order chi connectivity index (χ1) is 7.25. The van der Waals surface area contributed by atoms with E-state index in [9.17, 15) is 0 Å². The number of nitrogens with zero attached hydrogens (tertiary/aromatic N) is 1. The molecule has 0 aromatic carbocycles. The number of hydrogen-bond acceptors (Lipinski definition) is 2. The number of aryl methyl sites for hydroxylation is 1. The summed E-state index contributed by atoms with van der Waals surface area (Å²) < 4.78 is 0. The topological polar surface area (TPSA) is 38.9 Å². The molecule has 2 N–H and O–H groups in total. The summed E-state index contributed by atoms with van der Waals surface area (Å²) in [6, 6.07) is 4.15. The highest BCUT2D eigenvalue weighted by molar-refractivity contribution is 5.20. The van der Waals surface area contributed by atoms with Gasteiger partial charge in [-0.05, 0) is 25.0 Å². The Hall–Kier alpha value is -0.890. The van der Waals surface area contributed by atoms with E-state index >= 15 is 0 Å². The van der Waals surface area contributed by atoms with Crippen molar-refractivity contribution in [3.63, 3.8) is 0 Å². The molecule has 0 aliphatic carbocycles. The standard InChI is InChI=1S/C13H22N2/c1-3-4-5-6-9-12(14)13-11(2)8-7-10-15-13/h7-8,10,12H,3-6,9,14H2,1-2H3. The first kappa shape index (κ1) is 12.2. The lowest BCUT2D eigenvalue weighted by Crippen LogP contribution is -2.13. The van der Waals surface area contributed by atoms with Crippen molar-refractivity contribution in [2.45, 2.75) is 52.0 Å². The zero-order valence-corrected chi connectivity index (χ0v) is 9.87. The number of rotatable bonds is 6. The lowest BCUT2D eigenvalue weighted by Gasteiger charge is -2.12. The van der Waals surface area contributed by atoms with Crippen LogP contribution < -0.4 is 5.73 Å². The third kappa shape index (κ3) is 4.00. The number of aromatic nitrogens is 1. The molecular weight excluding hydrogens is 184 g/mol. The summed E-state index contributed by atoms with van der Waals surface area (Å²) >= 11 is 0. The van der Waals surface area contributed by atoms with Crippen molar-refractivity contribution < 1.29 is 0 Å². The maximum Gasteiger partial charge on any atom is 0.0600 e. The Bertz CT molecular complexity index is 284. The van der Waals surface area contributed by atoms with Crippen LogP contribution >= 0.6 is 0 Å². The first-order valence-electron chi connectivity index (χ1n) is 5.92. The van der Waals surface area contributed by atoms with Crippen molar-refractivity contribution in [3.05, 3.63) is 29.6 Å². The van der Waals surface area contributed by atoms with Crippen LogP contribution in [0.5, 0.6) is 0 Å². The third-order valence-corrected chi connectivity index (χ3v) is 2.77. The largest absolute Gasteiger partial charge is 0.323 e. The van der Waals surface area contributed by atoms with Gasteiger partial charge in [0.15, 0.2) is 0 Å². The Morgan fingerprint density at radius 3 is 2.80 bits per heavy atom. The third-order valence-electron chi connectivity index (χ3n) is 2.77. The maximum atomic E-state index is 6.12. The molecule has 0 amide bonds. The van der Waals surface area contributed by atoms with Gasteiger partial charge < -0.3 is 5.73 Å². The van der Waals surface area contributed by atoms with Gasteiger partial charge in [0.1, 0.15) is 0 Å². The Morgan fingerprint density at radius 2 is 2.13 bits per heavy atom. The van der Waals surface area contributed by atoms with Crippen LogP contribution in [0.25, 0.3) is 0 Å². The molecule has 0 fully saturated rings. The zero-order valence-electron chi connectivity index (χ0n) is 9.87. The summed E-state index contributed by atoms with van der Waals surface area (Å²) in [7, 11) is 0. The molecule has 0 spiro atoms. The highest BCUT2D eigenvalue weighted by Crippen LogP contribution is 2.18. The zero-order chi connectivity index (χ0) is 11.1. The quantitative estimate of drug-likeness (QED) is 0.725. The second-order valence-corrected chi connectivity index (χ2v) is 4.16. The van der Waals surface area contributed by atoms with Gasteiger partial charge in [0.05, 0.1) is 5.69 Å². The molecule has 1 atom stereocenters. The van der Waals surface area contributed by atoms with E-state index < -0.39 is 0 Å². The molecule has 1 heterocycles. The summed E-state index contributed by atoms with van der Waals surface area (Å²) in [6.45, 7) is 4.30. The predicted octanol–water partition coefficient (Wildman–Crippen LogP) is 3.36. The normalized spacial score (nSPS) is 12.7. The van der Waals surface area contributed by atoms with Crippen LogP contribution in [0, 0.1) is 6.92 Å². The second kappa shape index (κ2) is 6.57. The molecule has 1 rings (SSSR count). The van der Waals surface area contributed by atoms with E-state index in [1.54, 1.807) is 0 Å². The Kier molecular flexibility index (Phi) is 5.33. The number of pyridine rings is 1. The minimum Gasteiger partial charge on any atom is -0.323 e. The van der Waals surface area contributed by atoms with Crippen LogP contribution in [0.2, 0.25) is 0 Å². The summed E-state index contributed by atoms with van der Waals surface area (Å²) in [5.74, 6) is 0. The second-order valence-electron chi connectivity index (χ2n) is 4.16. The SMILES string of the molecule is CCCCCCC(N)c1ncccc1C. The molecule has 2 heteroatoms. The molecule has 2 nitrogen and oxygen atoms in total. The fourth-order valence-corrected chi connectivity index (χ4v) is 1.81. The van der Waals surface area contributed by atoms with Gasteiger partial charge >= 0.3 is 0 Å². The fourth-order valence-electron chi connectivity index (χ4n) is 1.81. The highest BCUT2D eigenvalue weighted by Gasteiger charge is 2.08. The lowest BCUT2D eigenvalue weighted by molar-refractivity contribution is 0.555. The van der Waals surface area contributed by atoms with E-state index in [-0.39, 0.29) is 6.04 Å². The number of unbranched alkanes of at least 4 members (excludes halogenated alkanes) is 3. The molecule has 0 aliphatic heterocycles. The van der Waals surface area contributed by atoms with E-state index in [1.807, 2.05) is 12.3 Å². The first-order valence-corrected chi connectivity index (χ1v) is 5.92. The van der Waals surface area contributed by atoms with Gasteiger partial charge in [0.2, 0.25) is 0 Å². The molecule has 0 bridgehead atoms. The minimum absolute atomic E-state index is 0.114. The van der Waals surface area contributed by atoms with Crippen molar-refractivity contribution in [2.75, 3.05) is 0 Å². The molecule has 15 heavy (non-hydrogen) atoms. The van der Waals surface area contributed by atoms with Gasteiger partial charge in [-0.2, -0.15) is 0 Å². The monoisotopic (exact) mass is 206 g/mol. The Balaban J connectivity index is 2.40. The molecule has 1 aromatic rings. The molecule has 1 unspecified atom stereocenters. The van der Waals surface area contributed by atoms with Gasteiger partial charge in [-0.3, -0.25) is 4.98 Å². The van der Waals surface area contributed by atoms with Gasteiger partial charge in [-0.15, -0.1) is 0 Å². The van der Waals surface area contributed by atoms with Crippen molar-refractivity contribution in [3.8, 4) is 0 Å². The van der Waals surface area contributed by atoms with E-state index in [2.05, 4.69) is 24.9 Å². The smallest absolute Gasteiger partial charge is 0.0600 e. The van der Waals surface area contributed by atoms with Gasteiger partial charge in [-0.1, -0.05) is 38.7 Å².